The number of nitrogens with one attached hydrogen (secondary N) is 2. The first kappa shape index (κ1) is 22.2. The molecule has 1 aromatic rings. The number of rotatable bonds is 8. The van der Waals surface area contributed by atoms with Gasteiger partial charge >= 0.3 is 6.09 Å². The highest BCUT2D eigenvalue weighted by atomic mass is 35.5. The van der Waals surface area contributed by atoms with E-state index in [4.69, 9.17) is 16.3 Å². The van der Waals surface area contributed by atoms with Gasteiger partial charge in [-0.05, 0) is 25.3 Å². The molecular weight excluding hydrogens is 354 g/mol. The summed E-state index contributed by atoms with van der Waals surface area (Å²) < 4.78 is 6.99. The van der Waals surface area contributed by atoms with E-state index in [9.17, 15) is 4.79 Å². The fraction of sp³-hybridized carbons (Fsp3) is 0.667. The predicted octanol–water partition coefficient (Wildman–Crippen LogP) is 2.85. The van der Waals surface area contributed by atoms with E-state index in [1.54, 1.807) is 14.0 Å². The van der Waals surface area contributed by atoms with E-state index in [0.717, 1.165) is 23.1 Å². The average Bonchev–Trinajstić information content (AvgIpc) is 2.84. The summed E-state index contributed by atoms with van der Waals surface area (Å²) in [5.74, 6) is 1.20. The molecule has 1 unspecified atom stereocenters. The quantitative estimate of drug-likeness (QED) is 0.533. The van der Waals surface area contributed by atoms with E-state index < -0.39 is 0 Å². The number of guanidine groups is 1. The predicted molar refractivity (Wildman–Crippen MR) is 107 cm³/mol. The largest absolute Gasteiger partial charge is 0.450 e. The van der Waals surface area contributed by atoms with Crippen molar-refractivity contribution in [3.8, 4) is 0 Å². The summed E-state index contributed by atoms with van der Waals surface area (Å²) in [6.45, 7) is 7.64. The lowest BCUT2D eigenvalue weighted by molar-refractivity contribution is 0.146. The monoisotopic (exact) mass is 385 g/mol. The van der Waals surface area contributed by atoms with Gasteiger partial charge in [-0.1, -0.05) is 25.4 Å². The van der Waals surface area contributed by atoms with Crippen LogP contribution >= 0.6 is 11.6 Å². The van der Waals surface area contributed by atoms with Crippen LogP contribution in [0.5, 0.6) is 0 Å². The SMILES string of the molecule is CCOC(=O)NC(CNC(=NC)N(C)Cc1cc(Cl)cn1C)CC(C)C. The van der Waals surface area contributed by atoms with Gasteiger partial charge in [0.25, 0.3) is 0 Å². The van der Waals surface area contributed by atoms with Crippen molar-refractivity contribution in [1.29, 1.82) is 0 Å². The highest BCUT2D eigenvalue weighted by Crippen LogP contribution is 2.14. The molecule has 0 saturated heterocycles. The number of halogens is 1. The van der Waals surface area contributed by atoms with Crippen LogP contribution in [0, 0.1) is 5.92 Å². The van der Waals surface area contributed by atoms with Crippen LogP contribution in [0.25, 0.3) is 0 Å². The molecule has 1 heterocycles. The number of aryl methyl sites for hydroxylation is 1. The second-order valence-electron chi connectivity index (χ2n) is 6.74. The molecule has 148 valence electrons. The third-order valence-electron chi connectivity index (χ3n) is 3.91. The Morgan fingerprint density at radius 3 is 2.65 bits per heavy atom. The smallest absolute Gasteiger partial charge is 0.407 e. The third kappa shape index (κ3) is 7.56. The van der Waals surface area contributed by atoms with E-state index in [1.165, 1.54) is 0 Å². The molecule has 0 radical (unpaired) electrons. The van der Waals surface area contributed by atoms with Gasteiger partial charge in [-0.15, -0.1) is 0 Å². The Bertz CT molecular complexity index is 600. The summed E-state index contributed by atoms with van der Waals surface area (Å²) >= 11 is 6.05. The van der Waals surface area contributed by atoms with E-state index in [2.05, 4.69) is 29.5 Å². The van der Waals surface area contributed by atoms with Gasteiger partial charge in [0.2, 0.25) is 0 Å². The van der Waals surface area contributed by atoms with E-state index >= 15 is 0 Å². The molecule has 1 atom stereocenters. The molecule has 1 aromatic heterocycles. The van der Waals surface area contributed by atoms with Crippen molar-refractivity contribution < 1.29 is 9.53 Å². The van der Waals surface area contributed by atoms with Gasteiger partial charge in [0.05, 0.1) is 18.2 Å². The van der Waals surface area contributed by atoms with Crippen molar-refractivity contribution in [2.45, 2.75) is 39.8 Å². The van der Waals surface area contributed by atoms with Gasteiger partial charge in [0.1, 0.15) is 0 Å². The van der Waals surface area contributed by atoms with Crippen molar-refractivity contribution in [2.75, 3.05) is 27.2 Å². The van der Waals surface area contributed by atoms with Crippen LogP contribution < -0.4 is 10.6 Å². The molecule has 0 aromatic carbocycles. The van der Waals surface area contributed by atoms with Crippen LogP contribution in [0.1, 0.15) is 32.9 Å². The van der Waals surface area contributed by atoms with Crippen LogP contribution in [0.2, 0.25) is 5.02 Å². The molecule has 8 heteroatoms. The number of ether oxygens (including phenoxy) is 1. The molecule has 7 nitrogen and oxygen atoms in total. The molecule has 26 heavy (non-hydrogen) atoms. The number of hydrogen-bond acceptors (Lipinski definition) is 3. The number of hydrogen-bond donors (Lipinski definition) is 2. The zero-order valence-electron chi connectivity index (χ0n) is 16.7. The second kappa shape index (κ2) is 11.0. The molecular formula is C18H32ClN5O2. The van der Waals surface area contributed by atoms with Crippen molar-refractivity contribution in [3.05, 3.63) is 23.0 Å². The van der Waals surface area contributed by atoms with Crippen LogP contribution in [0.3, 0.4) is 0 Å². The molecule has 1 rings (SSSR count). The minimum atomic E-state index is -0.387. The maximum absolute atomic E-state index is 11.7. The number of amides is 1. The first-order valence-corrected chi connectivity index (χ1v) is 9.30. The summed E-state index contributed by atoms with van der Waals surface area (Å²) in [4.78, 5) is 18.1. The molecule has 0 aliphatic heterocycles. The summed E-state index contributed by atoms with van der Waals surface area (Å²) in [5.41, 5.74) is 1.09. The first-order valence-electron chi connectivity index (χ1n) is 8.92. The zero-order valence-corrected chi connectivity index (χ0v) is 17.4. The number of aliphatic imine (C=N–C) groups is 1. The number of carbonyl (C=O) groups excluding carboxylic acids is 1. The average molecular weight is 386 g/mol. The van der Waals surface area contributed by atoms with Crippen molar-refractivity contribution in [1.82, 2.24) is 20.1 Å². The third-order valence-corrected chi connectivity index (χ3v) is 4.11. The molecule has 0 bridgehead atoms. The first-order chi connectivity index (χ1) is 12.3. The van der Waals surface area contributed by atoms with Crippen molar-refractivity contribution in [2.24, 2.45) is 18.0 Å². The van der Waals surface area contributed by atoms with Gasteiger partial charge in [-0.2, -0.15) is 0 Å². The fourth-order valence-corrected chi connectivity index (χ4v) is 3.01. The lowest BCUT2D eigenvalue weighted by Crippen LogP contribution is -2.48. The molecule has 2 N–H and O–H groups in total. The number of aromatic nitrogens is 1. The Balaban J connectivity index is 2.65. The summed E-state index contributed by atoms with van der Waals surface area (Å²) in [6, 6.07) is 1.90. The highest BCUT2D eigenvalue weighted by Gasteiger charge is 2.17. The van der Waals surface area contributed by atoms with Crippen LogP contribution in [-0.2, 0) is 18.3 Å². The molecule has 0 aliphatic carbocycles. The van der Waals surface area contributed by atoms with Gasteiger partial charge < -0.3 is 24.8 Å². The number of carbonyl (C=O) groups is 1. The molecule has 1 amide bonds. The normalized spacial score (nSPS) is 12.8. The summed E-state index contributed by atoms with van der Waals surface area (Å²) in [6.07, 6.45) is 2.34. The molecule has 0 fully saturated rings. The Morgan fingerprint density at radius 2 is 2.15 bits per heavy atom. The Labute approximate surface area is 161 Å². The number of nitrogens with zero attached hydrogens (tertiary/aromatic N) is 3. The molecule has 0 saturated carbocycles. The van der Waals surface area contributed by atoms with Crippen molar-refractivity contribution in [3.63, 3.8) is 0 Å². The molecule has 0 spiro atoms. The van der Waals surface area contributed by atoms with Crippen LogP contribution in [-0.4, -0.2) is 54.8 Å². The summed E-state index contributed by atoms with van der Waals surface area (Å²) in [7, 11) is 5.67. The lowest BCUT2D eigenvalue weighted by atomic mass is 10.0. The van der Waals surface area contributed by atoms with Gasteiger partial charge in [-0.3, -0.25) is 4.99 Å². The maximum atomic E-state index is 11.7. The Morgan fingerprint density at radius 1 is 1.46 bits per heavy atom. The number of alkyl carbamates (subject to hydrolysis) is 1. The summed E-state index contributed by atoms with van der Waals surface area (Å²) in [5, 5.41) is 6.96. The zero-order chi connectivity index (χ0) is 19.7. The Hall–Kier alpha value is -1.89. The standard InChI is InChI=1S/C18H32ClN5O2/c1-7-26-18(25)22-15(8-13(2)3)10-21-17(20-4)24(6)12-16-9-14(19)11-23(16)5/h9,11,13,15H,7-8,10,12H2,1-6H3,(H,20,21)(H,22,25). The van der Waals surface area contributed by atoms with E-state index in [0.29, 0.717) is 25.6 Å². The van der Waals surface area contributed by atoms with Gasteiger partial charge in [0, 0.05) is 45.6 Å². The second-order valence-corrected chi connectivity index (χ2v) is 7.17. The van der Waals surface area contributed by atoms with Crippen LogP contribution in [0.4, 0.5) is 4.79 Å². The van der Waals surface area contributed by atoms with Gasteiger partial charge in [0.15, 0.2) is 5.96 Å². The van der Waals surface area contributed by atoms with Gasteiger partial charge in [-0.25, -0.2) is 4.79 Å². The Kier molecular flexibility index (Phi) is 9.34. The fourth-order valence-electron chi connectivity index (χ4n) is 2.74. The maximum Gasteiger partial charge on any atom is 0.407 e. The minimum absolute atomic E-state index is 0.0383. The van der Waals surface area contributed by atoms with E-state index in [1.807, 2.05) is 35.8 Å². The van der Waals surface area contributed by atoms with Crippen molar-refractivity contribution >= 4 is 23.7 Å². The topological polar surface area (TPSA) is 70.9 Å². The molecule has 0 aliphatic rings. The van der Waals surface area contributed by atoms with Crippen LogP contribution in [0.15, 0.2) is 17.3 Å². The lowest BCUT2D eigenvalue weighted by Gasteiger charge is -2.26. The minimum Gasteiger partial charge on any atom is -0.450 e. The van der Waals surface area contributed by atoms with E-state index in [-0.39, 0.29) is 12.1 Å². The highest BCUT2D eigenvalue weighted by molar-refractivity contribution is 6.30.